The highest BCUT2D eigenvalue weighted by molar-refractivity contribution is 7.90. The molecule has 9 heteroatoms. The molecule has 26 heavy (non-hydrogen) atoms. The lowest BCUT2D eigenvalue weighted by atomic mass is 10.1. The number of aromatic nitrogens is 2. The Kier molecular flexibility index (Phi) is 4.11. The van der Waals surface area contributed by atoms with E-state index in [9.17, 15) is 23.3 Å². The van der Waals surface area contributed by atoms with E-state index in [-0.39, 0.29) is 27.2 Å². The highest BCUT2D eigenvalue weighted by Crippen LogP contribution is 2.29. The molecule has 0 aliphatic heterocycles. The van der Waals surface area contributed by atoms with E-state index < -0.39 is 14.9 Å². The van der Waals surface area contributed by atoms with Crippen molar-refractivity contribution in [1.82, 2.24) is 9.19 Å². The van der Waals surface area contributed by atoms with Crippen LogP contribution in [0.3, 0.4) is 0 Å². The number of benzene rings is 2. The molecule has 0 spiro atoms. The van der Waals surface area contributed by atoms with Gasteiger partial charge in [0.1, 0.15) is 5.69 Å². The number of carbonyl (C=O) groups excluding carboxylic acids is 1. The molecule has 0 saturated carbocycles. The Morgan fingerprint density at radius 3 is 2.27 bits per heavy atom. The lowest BCUT2D eigenvalue weighted by Gasteiger charge is -2.12. The molecule has 0 saturated heterocycles. The summed E-state index contributed by atoms with van der Waals surface area (Å²) in [5.74, 6) is 0. The average Bonchev–Trinajstić information content (AvgIpc) is 2.92. The summed E-state index contributed by atoms with van der Waals surface area (Å²) in [6.45, 7) is 5.23. The van der Waals surface area contributed by atoms with Crippen LogP contribution in [0.25, 0.3) is 10.9 Å². The predicted molar refractivity (Wildman–Crippen MR) is 95.0 cm³/mol. The molecule has 0 aliphatic carbocycles. The maximum atomic E-state index is 13.2. The fourth-order valence-corrected chi connectivity index (χ4v) is 4.86. The van der Waals surface area contributed by atoms with Crippen LogP contribution in [0.5, 0.6) is 0 Å². The average molecular weight is 373 g/mol. The first-order valence-corrected chi connectivity index (χ1v) is 9.06. The third-order valence-electron chi connectivity index (χ3n) is 4.07. The summed E-state index contributed by atoms with van der Waals surface area (Å²) in [6, 6.07) is 7.10. The lowest BCUT2D eigenvalue weighted by molar-refractivity contribution is -0.384. The van der Waals surface area contributed by atoms with Gasteiger partial charge in [-0.25, -0.2) is 0 Å². The van der Waals surface area contributed by atoms with E-state index >= 15 is 0 Å². The summed E-state index contributed by atoms with van der Waals surface area (Å²) >= 11 is 0. The SMILES string of the molecule is Cc1cc(C)c(S(=O)(=O)n2nc(C=O)c3cc([N+](=O)[O-])ccc32)c(C)c1. The molecule has 3 rings (SSSR count). The van der Waals surface area contributed by atoms with Crippen molar-refractivity contribution in [2.75, 3.05) is 0 Å². The van der Waals surface area contributed by atoms with Gasteiger partial charge in [-0.15, -0.1) is 0 Å². The van der Waals surface area contributed by atoms with Crippen LogP contribution >= 0.6 is 0 Å². The number of carbonyl (C=O) groups is 1. The number of nitro groups is 1. The summed E-state index contributed by atoms with van der Waals surface area (Å²) < 4.78 is 27.2. The number of nitro benzene ring substituents is 1. The second-order valence-electron chi connectivity index (χ2n) is 6.04. The van der Waals surface area contributed by atoms with Gasteiger partial charge in [0.25, 0.3) is 15.7 Å². The molecule has 8 nitrogen and oxygen atoms in total. The van der Waals surface area contributed by atoms with Gasteiger partial charge in [0.05, 0.1) is 15.3 Å². The summed E-state index contributed by atoms with van der Waals surface area (Å²) in [5.41, 5.74) is 1.72. The largest absolute Gasteiger partial charge is 0.296 e. The Morgan fingerprint density at radius 2 is 1.73 bits per heavy atom. The van der Waals surface area contributed by atoms with E-state index in [1.165, 1.54) is 12.1 Å². The molecule has 0 bridgehead atoms. The quantitative estimate of drug-likeness (QED) is 0.395. The first-order valence-electron chi connectivity index (χ1n) is 7.62. The summed E-state index contributed by atoms with van der Waals surface area (Å²) in [6.07, 6.45) is 0.382. The molecule has 0 atom stereocenters. The molecule has 134 valence electrons. The fraction of sp³-hybridized carbons (Fsp3) is 0.176. The molecular weight excluding hydrogens is 358 g/mol. The van der Waals surface area contributed by atoms with Gasteiger partial charge in [0.15, 0.2) is 6.29 Å². The maximum absolute atomic E-state index is 13.2. The van der Waals surface area contributed by atoms with Crippen LogP contribution < -0.4 is 0 Å². The standard InChI is InChI=1S/C17H15N3O5S/c1-10-6-11(2)17(12(3)7-10)26(24,25)19-16-5-4-13(20(22)23)8-14(16)15(9-21)18-19/h4-9H,1-3H3. The number of rotatable bonds is 4. The fourth-order valence-electron chi connectivity index (χ4n) is 3.15. The van der Waals surface area contributed by atoms with Crippen LogP contribution in [0.2, 0.25) is 0 Å². The highest BCUT2D eigenvalue weighted by atomic mass is 32.2. The second kappa shape index (κ2) is 6.03. The Labute approximate surface area is 149 Å². The lowest BCUT2D eigenvalue weighted by Crippen LogP contribution is -2.17. The zero-order valence-electron chi connectivity index (χ0n) is 14.3. The predicted octanol–water partition coefficient (Wildman–Crippen LogP) is 2.92. The number of aryl methyl sites for hydroxylation is 3. The third-order valence-corrected chi connectivity index (χ3v) is 5.97. The first kappa shape index (κ1) is 17.7. The van der Waals surface area contributed by atoms with E-state index in [4.69, 9.17) is 0 Å². The van der Waals surface area contributed by atoms with Crippen molar-refractivity contribution in [1.29, 1.82) is 0 Å². The molecule has 1 heterocycles. The van der Waals surface area contributed by atoms with Gasteiger partial charge in [-0.3, -0.25) is 14.9 Å². The Bertz CT molecular complexity index is 1160. The monoisotopic (exact) mass is 373 g/mol. The molecule has 0 fully saturated rings. The van der Waals surface area contributed by atoms with Gasteiger partial charge in [-0.05, 0) is 38.0 Å². The smallest absolute Gasteiger partial charge is 0.284 e. The van der Waals surface area contributed by atoms with Gasteiger partial charge in [0.2, 0.25) is 0 Å². The van der Waals surface area contributed by atoms with Crippen molar-refractivity contribution in [2.24, 2.45) is 0 Å². The Hall–Kier alpha value is -3.07. The number of fused-ring (bicyclic) bond motifs is 1. The number of hydrogen-bond acceptors (Lipinski definition) is 6. The van der Waals surface area contributed by atoms with Gasteiger partial charge in [-0.1, -0.05) is 17.7 Å². The van der Waals surface area contributed by atoms with Crippen LogP contribution in [0, 0.1) is 30.9 Å². The number of non-ortho nitro benzene ring substituents is 1. The van der Waals surface area contributed by atoms with E-state index in [1.807, 2.05) is 6.92 Å². The molecule has 2 aromatic carbocycles. The van der Waals surface area contributed by atoms with Crippen LogP contribution in [0.4, 0.5) is 5.69 Å². The highest BCUT2D eigenvalue weighted by Gasteiger charge is 2.27. The van der Waals surface area contributed by atoms with Crippen molar-refractivity contribution in [2.45, 2.75) is 25.7 Å². The molecule has 3 aromatic rings. The molecule has 0 aliphatic rings. The Morgan fingerprint density at radius 1 is 1.12 bits per heavy atom. The first-order chi connectivity index (χ1) is 12.2. The van der Waals surface area contributed by atoms with Crippen LogP contribution in [0.1, 0.15) is 27.2 Å². The summed E-state index contributed by atoms with van der Waals surface area (Å²) in [4.78, 5) is 21.8. The minimum Gasteiger partial charge on any atom is -0.296 e. The third kappa shape index (κ3) is 2.66. The number of nitrogens with zero attached hydrogens (tertiary/aromatic N) is 3. The van der Waals surface area contributed by atoms with Crippen LogP contribution in [-0.2, 0) is 10.0 Å². The van der Waals surface area contributed by atoms with E-state index in [1.54, 1.807) is 26.0 Å². The van der Waals surface area contributed by atoms with Crippen molar-refractivity contribution in [3.05, 3.63) is 62.8 Å². The van der Waals surface area contributed by atoms with Gasteiger partial charge in [0, 0.05) is 17.5 Å². The van der Waals surface area contributed by atoms with E-state index in [0.717, 1.165) is 15.7 Å². The molecule has 1 aromatic heterocycles. The van der Waals surface area contributed by atoms with Crippen molar-refractivity contribution in [3.8, 4) is 0 Å². The Balaban J connectivity index is 2.35. The maximum Gasteiger partial charge on any atom is 0.284 e. The molecule has 0 N–H and O–H groups in total. The topological polar surface area (TPSA) is 112 Å². The zero-order chi connectivity index (χ0) is 19.2. The zero-order valence-corrected chi connectivity index (χ0v) is 15.1. The summed E-state index contributed by atoms with van der Waals surface area (Å²) in [7, 11) is -4.09. The number of hydrogen-bond donors (Lipinski definition) is 0. The minimum atomic E-state index is -4.09. The second-order valence-corrected chi connectivity index (χ2v) is 7.74. The molecule has 0 radical (unpaired) electrons. The minimum absolute atomic E-state index is 0.100. The van der Waals surface area contributed by atoms with Gasteiger partial charge < -0.3 is 0 Å². The van der Waals surface area contributed by atoms with Crippen LogP contribution in [-0.4, -0.2) is 28.8 Å². The molecular formula is C17H15N3O5S. The van der Waals surface area contributed by atoms with Gasteiger partial charge >= 0.3 is 0 Å². The molecule has 0 amide bonds. The van der Waals surface area contributed by atoms with Crippen molar-refractivity contribution < 1.29 is 18.1 Å². The normalized spacial score (nSPS) is 11.7. The number of aldehydes is 1. The van der Waals surface area contributed by atoms with E-state index in [2.05, 4.69) is 5.10 Å². The molecule has 0 unspecified atom stereocenters. The van der Waals surface area contributed by atoms with Crippen molar-refractivity contribution >= 4 is 32.9 Å². The van der Waals surface area contributed by atoms with Crippen molar-refractivity contribution in [3.63, 3.8) is 0 Å². The van der Waals surface area contributed by atoms with E-state index in [0.29, 0.717) is 17.4 Å². The van der Waals surface area contributed by atoms with Gasteiger partial charge in [-0.2, -0.15) is 17.6 Å². The van der Waals surface area contributed by atoms with Crippen LogP contribution in [0.15, 0.2) is 35.2 Å². The summed E-state index contributed by atoms with van der Waals surface area (Å²) in [5, 5.41) is 15.0.